The molecule has 4 heteroatoms. The molecule has 0 aliphatic rings. The molecule has 0 aliphatic heterocycles. The van der Waals surface area contributed by atoms with Gasteiger partial charge in [0.1, 0.15) is 5.75 Å². The van der Waals surface area contributed by atoms with E-state index in [9.17, 15) is 9.90 Å². The summed E-state index contributed by atoms with van der Waals surface area (Å²) in [6, 6.07) is 12.5. The molecule has 0 heterocycles. The highest BCUT2D eigenvalue weighted by atomic mass is 16.3. The monoisotopic (exact) mass is 282 g/mol. The predicted octanol–water partition coefficient (Wildman–Crippen LogP) is 3.16. The van der Waals surface area contributed by atoms with Gasteiger partial charge in [0, 0.05) is 11.1 Å². The van der Waals surface area contributed by atoms with Crippen LogP contribution in [0.1, 0.15) is 34.0 Å². The van der Waals surface area contributed by atoms with Crippen molar-refractivity contribution in [2.45, 2.75) is 20.8 Å². The van der Waals surface area contributed by atoms with Gasteiger partial charge >= 0.3 is 0 Å². The molecule has 0 atom stereocenters. The van der Waals surface area contributed by atoms with Gasteiger partial charge in [-0.25, -0.2) is 5.43 Å². The molecule has 0 fully saturated rings. The summed E-state index contributed by atoms with van der Waals surface area (Å²) in [6.45, 7) is 5.61. The molecule has 0 saturated heterocycles. The summed E-state index contributed by atoms with van der Waals surface area (Å²) in [4.78, 5) is 12.1. The van der Waals surface area contributed by atoms with E-state index in [1.807, 2.05) is 26.0 Å². The number of aryl methyl sites for hydroxylation is 2. The zero-order valence-electron chi connectivity index (χ0n) is 12.3. The van der Waals surface area contributed by atoms with E-state index in [0.717, 1.165) is 11.1 Å². The van der Waals surface area contributed by atoms with E-state index < -0.39 is 0 Å². The summed E-state index contributed by atoms with van der Waals surface area (Å²) >= 11 is 0. The van der Waals surface area contributed by atoms with Crippen molar-refractivity contribution >= 4 is 11.6 Å². The quantitative estimate of drug-likeness (QED) is 0.671. The average molecular weight is 282 g/mol. The summed E-state index contributed by atoms with van der Waals surface area (Å²) in [5, 5.41) is 13.8. The molecule has 4 nitrogen and oxygen atoms in total. The molecule has 0 bridgehead atoms. The smallest absolute Gasteiger partial charge is 0.271 e. The van der Waals surface area contributed by atoms with Gasteiger partial charge in [0.2, 0.25) is 0 Å². The summed E-state index contributed by atoms with van der Waals surface area (Å²) in [6.07, 6.45) is 0. The molecule has 0 aromatic heterocycles. The van der Waals surface area contributed by atoms with Gasteiger partial charge in [0.25, 0.3) is 5.91 Å². The number of hydrogen-bond donors (Lipinski definition) is 2. The largest absolute Gasteiger partial charge is 0.507 e. The lowest BCUT2D eigenvalue weighted by Crippen LogP contribution is -2.20. The Morgan fingerprint density at radius 1 is 1.10 bits per heavy atom. The highest BCUT2D eigenvalue weighted by Crippen LogP contribution is 2.16. The van der Waals surface area contributed by atoms with E-state index in [2.05, 4.69) is 10.5 Å². The summed E-state index contributed by atoms with van der Waals surface area (Å²) in [7, 11) is 0. The number of nitrogens with one attached hydrogen (secondary N) is 1. The number of carbonyl (C=O) groups is 1. The van der Waals surface area contributed by atoms with Crippen molar-refractivity contribution in [2.75, 3.05) is 0 Å². The maximum Gasteiger partial charge on any atom is 0.271 e. The van der Waals surface area contributed by atoms with Gasteiger partial charge < -0.3 is 5.11 Å². The van der Waals surface area contributed by atoms with Crippen LogP contribution < -0.4 is 5.43 Å². The van der Waals surface area contributed by atoms with Crippen molar-refractivity contribution in [2.24, 2.45) is 5.10 Å². The number of amides is 1. The minimum Gasteiger partial charge on any atom is -0.507 e. The van der Waals surface area contributed by atoms with E-state index in [1.54, 1.807) is 37.3 Å². The highest BCUT2D eigenvalue weighted by Gasteiger charge is 2.09. The zero-order chi connectivity index (χ0) is 15.4. The molecule has 0 unspecified atom stereocenters. The average Bonchev–Trinajstić information content (AvgIpc) is 2.45. The first-order valence-corrected chi connectivity index (χ1v) is 6.69. The number of para-hydroxylation sites is 1. The van der Waals surface area contributed by atoms with Gasteiger partial charge in [0.15, 0.2) is 0 Å². The second kappa shape index (κ2) is 6.22. The summed E-state index contributed by atoms with van der Waals surface area (Å²) in [5.74, 6) is -0.123. The molecule has 2 aromatic carbocycles. The van der Waals surface area contributed by atoms with Gasteiger partial charge in [-0.15, -0.1) is 0 Å². The first-order valence-electron chi connectivity index (χ1n) is 6.69. The minimum absolute atomic E-state index is 0.138. The van der Waals surface area contributed by atoms with E-state index in [-0.39, 0.29) is 11.7 Å². The van der Waals surface area contributed by atoms with E-state index in [4.69, 9.17) is 0 Å². The van der Waals surface area contributed by atoms with Crippen molar-refractivity contribution in [1.29, 1.82) is 0 Å². The number of nitrogens with zero attached hydrogens (tertiary/aromatic N) is 1. The Kier molecular flexibility index (Phi) is 4.38. The second-order valence-electron chi connectivity index (χ2n) is 4.97. The van der Waals surface area contributed by atoms with Crippen molar-refractivity contribution in [3.05, 3.63) is 64.7 Å². The van der Waals surface area contributed by atoms with Crippen LogP contribution in [0.2, 0.25) is 0 Å². The SMILES string of the molecule is CC(=NNC(=O)c1ccc(C)cc1C)c1ccccc1O. The van der Waals surface area contributed by atoms with Crippen LogP contribution in [0.3, 0.4) is 0 Å². The molecule has 2 N–H and O–H groups in total. The first kappa shape index (κ1) is 14.8. The maximum atomic E-state index is 12.1. The lowest BCUT2D eigenvalue weighted by Gasteiger charge is -2.07. The number of aromatic hydroxyl groups is 1. The maximum absolute atomic E-state index is 12.1. The number of benzene rings is 2. The lowest BCUT2D eigenvalue weighted by molar-refractivity contribution is 0.0954. The fourth-order valence-corrected chi connectivity index (χ4v) is 2.10. The summed E-state index contributed by atoms with van der Waals surface area (Å²) < 4.78 is 0. The molecule has 0 radical (unpaired) electrons. The van der Waals surface area contributed by atoms with Crippen LogP contribution in [0.15, 0.2) is 47.6 Å². The number of phenols is 1. The molecule has 0 aliphatic carbocycles. The van der Waals surface area contributed by atoms with Crippen LogP contribution in [-0.2, 0) is 0 Å². The molecular formula is C17H18N2O2. The standard InChI is InChI=1S/C17H18N2O2/c1-11-8-9-14(12(2)10-11)17(21)19-18-13(3)15-6-4-5-7-16(15)20/h4-10,20H,1-3H3,(H,19,21). The third-order valence-corrected chi connectivity index (χ3v) is 3.25. The predicted molar refractivity (Wildman–Crippen MR) is 83.7 cm³/mol. The number of phenolic OH excluding ortho intramolecular Hbond substituents is 1. The van der Waals surface area contributed by atoms with Crippen molar-refractivity contribution in [1.82, 2.24) is 5.43 Å². The Morgan fingerprint density at radius 3 is 2.48 bits per heavy atom. The lowest BCUT2D eigenvalue weighted by atomic mass is 10.1. The Balaban J connectivity index is 2.17. The molecule has 0 spiro atoms. The fraction of sp³-hybridized carbons (Fsp3) is 0.176. The Labute approximate surface area is 124 Å². The number of hydrazone groups is 1. The van der Waals surface area contributed by atoms with Crippen LogP contribution >= 0.6 is 0 Å². The van der Waals surface area contributed by atoms with E-state index in [1.165, 1.54) is 0 Å². The molecular weight excluding hydrogens is 264 g/mol. The molecule has 2 aromatic rings. The molecule has 0 saturated carbocycles. The molecule has 21 heavy (non-hydrogen) atoms. The van der Waals surface area contributed by atoms with Crippen LogP contribution in [0.25, 0.3) is 0 Å². The van der Waals surface area contributed by atoms with Gasteiger partial charge in [-0.2, -0.15) is 5.10 Å². The second-order valence-corrected chi connectivity index (χ2v) is 4.97. The van der Waals surface area contributed by atoms with Crippen LogP contribution in [0.5, 0.6) is 5.75 Å². The third kappa shape index (κ3) is 3.48. The highest BCUT2D eigenvalue weighted by molar-refractivity contribution is 6.02. The Bertz CT molecular complexity index is 706. The third-order valence-electron chi connectivity index (χ3n) is 3.25. The molecule has 108 valence electrons. The Hall–Kier alpha value is -2.62. The van der Waals surface area contributed by atoms with Gasteiger partial charge in [-0.1, -0.05) is 29.8 Å². The van der Waals surface area contributed by atoms with E-state index >= 15 is 0 Å². The summed E-state index contributed by atoms with van der Waals surface area (Å²) in [5.41, 5.74) is 6.27. The Morgan fingerprint density at radius 2 is 1.81 bits per heavy atom. The number of carbonyl (C=O) groups excluding carboxylic acids is 1. The van der Waals surface area contributed by atoms with Crippen molar-refractivity contribution in [3.63, 3.8) is 0 Å². The van der Waals surface area contributed by atoms with Crippen molar-refractivity contribution < 1.29 is 9.90 Å². The van der Waals surface area contributed by atoms with Gasteiger partial charge in [0.05, 0.1) is 5.71 Å². The number of hydrogen-bond acceptors (Lipinski definition) is 3. The zero-order valence-corrected chi connectivity index (χ0v) is 12.3. The van der Waals surface area contributed by atoms with Crippen LogP contribution in [0.4, 0.5) is 0 Å². The fourth-order valence-electron chi connectivity index (χ4n) is 2.10. The normalized spacial score (nSPS) is 11.3. The van der Waals surface area contributed by atoms with Crippen LogP contribution in [0, 0.1) is 13.8 Å². The number of rotatable bonds is 3. The van der Waals surface area contributed by atoms with Crippen LogP contribution in [-0.4, -0.2) is 16.7 Å². The van der Waals surface area contributed by atoms with Gasteiger partial charge in [-0.05, 0) is 44.5 Å². The van der Waals surface area contributed by atoms with Crippen molar-refractivity contribution in [3.8, 4) is 5.75 Å². The first-order chi connectivity index (χ1) is 9.99. The topological polar surface area (TPSA) is 61.7 Å². The minimum atomic E-state index is -0.262. The molecule has 1 amide bonds. The molecule has 2 rings (SSSR count). The van der Waals surface area contributed by atoms with Gasteiger partial charge in [-0.3, -0.25) is 4.79 Å². The van der Waals surface area contributed by atoms with E-state index in [0.29, 0.717) is 16.8 Å².